The topological polar surface area (TPSA) is 112 Å². The largest absolute Gasteiger partial charge is 0.396 e. The summed E-state index contributed by atoms with van der Waals surface area (Å²) < 4.78 is 0. The van der Waals surface area contributed by atoms with E-state index in [0.717, 1.165) is 18.5 Å². The van der Waals surface area contributed by atoms with Crippen molar-refractivity contribution in [1.82, 2.24) is 20.5 Å². The van der Waals surface area contributed by atoms with Gasteiger partial charge in [-0.3, -0.25) is 9.78 Å². The van der Waals surface area contributed by atoms with Crippen LogP contribution in [-0.4, -0.2) is 49.0 Å². The van der Waals surface area contributed by atoms with Gasteiger partial charge in [-0.25, -0.2) is 4.79 Å². The maximum atomic E-state index is 12.5. The number of aromatic nitrogens is 1. The lowest BCUT2D eigenvalue weighted by Gasteiger charge is -2.21. The molecule has 0 saturated carbocycles. The molecule has 174 valence electrons. The maximum Gasteiger partial charge on any atom is 0.315 e. The average molecular weight is 467 g/mol. The molecule has 0 fully saturated rings. The van der Waals surface area contributed by atoms with Gasteiger partial charge in [0.1, 0.15) is 5.69 Å². The highest BCUT2D eigenvalue weighted by atomic mass is 32.1. The molecule has 2 heterocycles. The van der Waals surface area contributed by atoms with Crippen LogP contribution in [0.5, 0.6) is 0 Å². The Bertz CT molecular complexity index is 1040. The van der Waals surface area contributed by atoms with Crippen molar-refractivity contribution < 1.29 is 9.59 Å². The number of amides is 3. The molecule has 1 aromatic carbocycles. The molecule has 33 heavy (non-hydrogen) atoms. The smallest absolute Gasteiger partial charge is 0.315 e. The van der Waals surface area contributed by atoms with Crippen LogP contribution in [0.2, 0.25) is 0 Å². The molecule has 0 aliphatic carbocycles. The van der Waals surface area contributed by atoms with Crippen LogP contribution in [0.4, 0.5) is 16.2 Å². The molecule has 0 aliphatic rings. The summed E-state index contributed by atoms with van der Waals surface area (Å²) >= 11 is 1.42. The summed E-state index contributed by atoms with van der Waals surface area (Å²) in [5.74, 6) is -0.330. The Morgan fingerprint density at radius 2 is 1.91 bits per heavy atom. The molecule has 2 aromatic heterocycles. The predicted molar refractivity (Wildman–Crippen MR) is 134 cm³/mol. The van der Waals surface area contributed by atoms with E-state index in [1.165, 1.54) is 16.9 Å². The molecule has 0 spiro atoms. The minimum Gasteiger partial charge on any atom is -0.396 e. The van der Waals surface area contributed by atoms with E-state index >= 15 is 0 Å². The molecular formula is C24H30N6O2S. The first kappa shape index (κ1) is 24.2. The van der Waals surface area contributed by atoms with Crippen molar-refractivity contribution in [3.8, 4) is 0 Å². The fourth-order valence-electron chi connectivity index (χ4n) is 3.22. The van der Waals surface area contributed by atoms with E-state index < -0.39 is 0 Å². The summed E-state index contributed by atoms with van der Waals surface area (Å²) in [7, 11) is 3.97. The van der Waals surface area contributed by atoms with Crippen LogP contribution in [0.1, 0.15) is 34.1 Å². The minimum atomic E-state index is -0.330. The number of carbonyl (C=O) groups excluding carboxylic acids is 2. The normalized spacial score (nSPS) is 11.7. The molecule has 0 aliphatic heterocycles. The monoisotopic (exact) mass is 466 g/mol. The lowest BCUT2D eigenvalue weighted by atomic mass is 10.1. The van der Waals surface area contributed by atoms with Crippen molar-refractivity contribution in [3.05, 3.63) is 76.2 Å². The Morgan fingerprint density at radius 3 is 2.55 bits per heavy atom. The number of thiophene rings is 1. The summed E-state index contributed by atoms with van der Waals surface area (Å²) in [4.78, 5) is 31.3. The first-order valence-electron chi connectivity index (χ1n) is 10.7. The number of nitrogens with two attached hydrogens (primary N) is 1. The fourth-order valence-corrected chi connectivity index (χ4v) is 3.90. The second-order valence-corrected chi connectivity index (χ2v) is 8.70. The quantitative estimate of drug-likeness (QED) is 0.365. The van der Waals surface area contributed by atoms with Gasteiger partial charge < -0.3 is 26.6 Å². The fraction of sp³-hybridized carbons (Fsp3) is 0.292. The van der Waals surface area contributed by atoms with E-state index in [0.29, 0.717) is 24.3 Å². The van der Waals surface area contributed by atoms with Crippen molar-refractivity contribution in [3.63, 3.8) is 0 Å². The highest BCUT2D eigenvalue weighted by Crippen LogP contribution is 2.23. The van der Waals surface area contributed by atoms with E-state index in [-0.39, 0.29) is 23.7 Å². The summed E-state index contributed by atoms with van der Waals surface area (Å²) in [5.41, 5.74) is 9.22. The van der Waals surface area contributed by atoms with E-state index in [1.807, 2.05) is 50.5 Å². The van der Waals surface area contributed by atoms with Gasteiger partial charge in [0.05, 0.1) is 17.4 Å². The third kappa shape index (κ3) is 7.58. The van der Waals surface area contributed by atoms with E-state index in [2.05, 4.69) is 25.8 Å². The Labute approximate surface area is 198 Å². The number of nitrogens with one attached hydrogen (secondary N) is 3. The van der Waals surface area contributed by atoms with Gasteiger partial charge in [-0.1, -0.05) is 36.4 Å². The summed E-state index contributed by atoms with van der Waals surface area (Å²) in [6.07, 6.45) is 3.10. The molecule has 8 nitrogen and oxygen atoms in total. The van der Waals surface area contributed by atoms with Crippen LogP contribution < -0.4 is 21.7 Å². The zero-order chi connectivity index (χ0) is 23.6. The summed E-state index contributed by atoms with van der Waals surface area (Å²) in [6.45, 7) is 1.33. The number of anilines is 2. The first-order chi connectivity index (χ1) is 15.9. The summed E-state index contributed by atoms with van der Waals surface area (Å²) in [6, 6.07) is 13.0. The number of carbonyl (C=O) groups is 2. The highest BCUT2D eigenvalue weighted by molar-refractivity contribution is 7.09. The van der Waals surface area contributed by atoms with Crippen molar-refractivity contribution in [1.29, 1.82) is 0 Å². The SMILES string of the molecule is CN(C)CCC(NC(=O)NCCc1ccccc1)c1ccc(C(=O)Nc2cscc2N)nc1. The molecule has 0 bridgehead atoms. The lowest BCUT2D eigenvalue weighted by molar-refractivity contribution is 0.102. The standard InChI is InChI=1S/C24H30N6O2S/c1-30(2)13-11-20(29-24(32)26-12-10-17-6-4-3-5-7-17)18-8-9-21(27-14-18)23(31)28-22-16-33-15-19(22)25/h3-9,14-16,20H,10-13,25H2,1-2H3,(H,28,31)(H2,26,29,32). The Morgan fingerprint density at radius 1 is 1.12 bits per heavy atom. The van der Waals surface area contributed by atoms with Gasteiger partial charge >= 0.3 is 6.03 Å². The average Bonchev–Trinajstić information content (AvgIpc) is 3.21. The number of nitrogen functional groups attached to an aromatic ring is 1. The lowest BCUT2D eigenvalue weighted by Crippen LogP contribution is -2.39. The zero-order valence-corrected chi connectivity index (χ0v) is 19.7. The third-order valence-electron chi connectivity index (χ3n) is 5.07. The van der Waals surface area contributed by atoms with Crippen molar-refractivity contribution in [2.45, 2.75) is 18.9 Å². The number of nitrogens with zero attached hydrogens (tertiary/aromatic N) is 2. The van der Waals surface area contributed by atoms with Gasteiger partial charge in [-0.2, -0.15) is 0 Å². The molecule has 5 N–H and O–H groups in total. The highest BCUT2D eigenvalue weighted by Gasteiger charge is 2.17. The Balaban J connectivity index is 1.59. The Kier molecular flexibility index (Phi) is 8.79. The minimum absolute atomic E-state index is 0.232. The second kappa shape index (κ2) is 12.0. The van der Waals surface area contributed by atoms with E-state index in [9.17, 15) is 9.59 Å². The van der Waals surface area contributed by atoms with Gasteiger partial charge in [0.15, 0.2) is 0 Å². The molecule has 3 aromatic rings. The third-order valence-corrected chi connectivity index (χ3v) is 5.84. The van der Waals surface area contributed by atoms with Gasteiger partial charge in [-0.15, -0.1) is 11.3 Å². The van der Waals surface area contributed by atoms with Crippen LogP contribution in [0.25, 0.3) is 0 Å². The number of hydrogen-bond donors (Lipinski definition) is 4. The van der Waals surface area contributed by atoms with Crippen molar-refractivity contribution in [2.24, 2.45) is 0 Å². The zero-order valence-electron chi connectivity index (χ0n) is 18.9. The molecule has 3 rings (SSSR count). The molecule has 9 heteroatoms. The van der Waals surface area contributed by atoms with E-state index in [4.69, 9.17) is 5.73 Å². The number of urea groups is 1. The van der Waals surface area contributed by atoms with Crippen LogP contribution in [0.15, 0.2) is 59.4 Å². The Hall–Kier alpha value is -3.43. The predicted octanol–water partition coefficient (Wildman–Crippen LogP) is 3.51. The van der Waals surface area contributed by atoms with E-state index in [1.54, 1.807) is 23.0 Å². The summed E-state index contributed by atoms with van der Waals surface area (Å²) in [5, 5.41) is 12.3. The number of benzene rings is 1. The molecule has 1 atom stereocenters. The van der Waals surface area contributed by atoms with Gasteiger partial charge in [0, 0.05) is 23.5 Å². The first-order valence-corrected chi connectivity index (χ1v) is 11.7. The van der Waals surface area contributed by atoms with Crippen molar-refractivity contribution >= 4 is 34.6 Å². The van der Waals surface area contributed by atoms with Crippen LogP contribution >= 0.6 is 11.3 Å². The molecule has 1 unspecified atom stereocenters. The van der Waals surface area contributed by atoms with Gasteiger partial charge in [-0.05, 0) is 50.7 Å². The van der Waals surface area contributed by atoms with Crippen LogP contribution in [0.3, 0.4) is 0 Å². The van der Waals surface area contributed by atoms with Crippen LogP contribution in [0, 0.1) is 0 Å². The molecule has 0 saturated heterocycles. The second-order valence-electron chi connectivity index (χ2n) is 7.95. The van der Waals surface area contributed by atoms with Crippen LogP contribution in [-0.2, 0) is 6.42 Å². The van der Waals surface area contributed by atoms with Crippen molar-refractivity contribution in [2.75, 3.05) is 38.2 Å². The molecule has 3 amide bonds. The maximum absolute atomic E-state index is 12.5. The van der Waals surface area contributed by atoms with Gasteiger partial charge in [0.2, 0.25) is 0 Å². The number of hydrogen-bond acceptors (Lipinski definition) is 6. The molecular weight excluding hydrogens is 436 g/mol. The molecule has 0 radical (unpaired) electrons. The number of rotatable bonds is 10. The number of pyridine rings is 1. The van der Waals surface area contributed by atoms with Gasteiger partial charge in [0.25, 0.3) is 5.91 Å².